The molecule has 0 saturated heterocycles. The number of nitrogens with zero attached hydrogens (tertiary/aromatic N) is 2. The quantitative estimate of drug-likeness (QED) is 0.912. The number of aromatic nitrogens is 2. The average Bonchev–Trinajstić information content (AvgIpc) is 2.70. The Kier molecular flexibility index (Phi) is 3.71. The molecule has 90 valence electrons. The van der Waals surface area contributed by atoms with Crippen LogP contribution in [0.4, 0.5) is 4.39 Å². The van der Waals surface area contributed by atoms with Crippen LogP contribution in [0.25, 0.3) is 0 Å². The highest BCUT2D eigenvalue weighted by Crippen LogP contribution is 2.19. The van der Waals surface area contributed by atoms with Crippen molar-refractivity contribution in [2.45, 2.75) is 20.0 Å². The Morgan fingerprint density at radius 2 is 2.24 bits per heavy atom. The van der Waals surface area contributed by atoms with E-state index in [4.69, 9.17) is 16.1 Å². The Morgan fingerprint density at radius 1 is 1.41 bits per heavy atom. The number of hydrogen-bond donors (Lipinski definition) is 1. The van der Waals surface area contributed by atoms with Gasteiger partial charge in [-0.05, 0) is 11.6 Å². The van der Waals surface area contributed by atoms with Crippen LogP contribution in [0, 0.1) is 12.7 Å². The molecule has 1 aromatic carbocycles. The number of halogens is 2. The standard InChI is InChI=1S/C11H11ClFN3O/c1-7-15-10(16-17-7)6-14-5-8-3-2-4-9(13)11(8)12/h2-4,14H,5-6H2,1H3. The highest BCUT2D eigenvalue weighted by Gasteiger charge is 2.06. The van der Waals surface area contributed by atoms with Crippen molar-refractivity contribution < 1.29 is 8.91 Å². The first-order valence-electron chi connectivity index (χ1n) is 5.09. The lowest BCUT2D eigenvalue weighted by Gasteiger charge is -2.05. The first-order chi connectivity index (χ1) is 8.16. The summed E-state index contributed by atoms with van der Waals surface area (Å²) in [5.41, 5.74) is 0.701. The van der Waals surface area contributed by atoms with Crippen LogP contribution in [0.2, 0.25) is 5.02 Å². The van der Waals surface area contributed by atoms with Crippen LogP contribution in [-0.2, 0) is 13.1 Å². The smallest absolute Gasteiger partial charge is 0.223 e. The monoisotopic (exact) mass is 255 g/mol. The van der Waals surface area contributed by atoms with Crippen molar-refractivity contribution in [2.24, 2.45) is 0 Å². The third-order valence-corrected chi connectivity index (χ3v) is 2.62. The van der Waals surface area contributed by atoms with Crippen LogP contribution in [0.5, 0.6) is 0 Å². The molecule has 0 spiro atoms. The lowest BCUT2D eigenvalue weighted by atomic mass is 10.2. The predicted molar refractivity (Wildman–Crippen MR) is 61.0 cm³/mol. The second-order valence-corrected chi connectivity index (χ2v) is 3.92. The van der Waals surface area contributed by atoms with Crippen molar-refractivity contribution in [1.29, 1.82) is 0 Å². The fraction of sp³-hybridized carbons (Fsp3) is 0.273. The Balaban J connectivity index is 1.92. The lowest BCUT2D eigenvalue weighted by Crippen LogP contribution is -2.14. The summed E-state index contributed by atoms with van der Waals surface area (Å²) >= 11 is 5.81. The molecular formula is C11H11ClFN3O. The molecule has 1 aromatic heterocycles. The molecule has 0 bridgehead atoms. The van der Waals surface area contributed by atoms with E-state index in [1.807, 2.05) is 0 Å². The molecule has 1 N–H and O–H groups in total. The minimum atomic E-state index is -0.415. The van der Waals surface area contributed by atoms with Gasteiger partial charge in [0, 0.05) is 13.5 Å². The summed E-state index contributed by atoms with van der Waals surface area (Å²) in [6, 6.07) is 4.71. The van der Waals surface area contributed by atoms with Gasteiger partial charge >= 0.3 is 0 Å². The third-order valence-electron chi connectivity index (χ3n) is 2.20. The van der Waals surface area contributed by atoms with Gasteiger partial charge in [-0.2, -0.15) is 4.98 Å². The van der Waals surface area contributed by atoms with Gasteiger partial charge < -0.3 is 9.84 Å². The minimum Gasteiger partial charge on any atom is -0.340 e. The van der Waals surface area contributed by atoms with E-state index in [9.17, 15) is 4.39 Å². The van der Waals surface area contributed by atoms with E-state index in [0.29, 0.717) is 30.4 Å². The molecule has 2 aromatic rings. The average molecular weight is 256 g/mol. The summed E-state index contributed by atoms with van der Waals surface area (Å²) in [5, 5.41) is 6.94. The molecule has 6 heteroatoms. The van der Waals surface area contributed by atoms with Gasteiger partial charge in [-0.15, -0.1) is 0 Å². The zero-order chi connectivity index (χ0) is 12.3. The van der Waals surface area contributed by atoms with Gasteiger partial charge in [0.2, 0.25) is 5.89 Å². The molecule has 0 aliphatic heterocycles. The summed E-state index contributed by atoms with van der Waals surface area (Å²) in [5.74, 6) is 0.669. The van der Waals surface area contributed by atoms with Gasteiger partial charge in [0.15, 0.2) is 5.82 Å². The minimum absolute atomic E-state index is 0.143. The maximum Gasteiger partial charge on any atom is 0.223 e. The summed E-state index contributed by atoms with van der Waals surface area (Å²) in [4.78, 5) is 4.03. The molecule has 0 unspecified atom stereocenters. The molecule has 0 saturated carbocycles. The number of hydrogen-bond acceptors (Lipinski definition) is 4. The number of benzene rings is 1. The first-order valence-corrected chi connectivity index (χ1v) is 5.47. The summed E-state index contributed by atoms with van der Waals surface area (Å²) < 4.78 is 18.0. The van der Waals surface area contributed by atoms with Crippen molar-refractivity contribution in [2.75, 3.05) is 0 Å². The van der Waals surface area contributed by atoms with Crippen LogP contribution in [0.1, 0.15) is 17.3 Å². The molecule has 0 aliphatic rings. The highest BCUT2D eigenvalue weighted by atomic mass is 35.5. The van der Waals surface area contributed by atoms with Crippen molar-refractivity contribution >= 4 is 11.6 Å². The van der Waals surface area contributed by atoms with Crippen molar-refractivity contribution in [1.82, 2.24) is 15.5 Å². The maximum absolute atomic E-state index is 13.1. The van der Waals surface area contributed by atoms with Gasteiger partial charge in [-0.1, -0.05) is 28.9 Å². The second kappa shape index (κ2) is 5.25. The molecule has 17 heavy (non-hydrogen) atoms. The normalized spacial score (nSPS) is 10.8. The largest absolute Gasteiger partial charge is 0.340 e. The van der Waals surface area contributed by atoms with Crippen LogP contribution in [0.3, 0.4) is 0 Å². The Hall–Kier alpha value is -1.46. The number of nitrogens with one attached hydrogen (secondary N) is 1. The zero-order valence-electron chi connectivity index (χ0n) is 9.20. The van der Waals surface area contributed by atoms with E-state index in [1.54, 1.807) is 19.1 Å². The molecule has 0 radical (unpaired) electrons. The molecule has 0 fully saturated rings. The molecule has 0 atom stereocenters. The second-order valence-electron chi connectivity index (χ2n) is 3.55. The molecular weight excluding hydrogens is 245 g/mol. The van der Waals surface area contributed by atoms with Crippen molar-refractivity contribution in [3.63, 3.8) is 0 Å². The molecule has 2 rings (SSSR count). The summed E-state index contributed by atoms with van der Waals surface area (Å²) in [7, 11) is 0. The zero-order valence-corrected chi connectivity index (χ0v) is 9.96. The van der Waals surface area contributed by atoms with Gasteiger partial charge in [0.25, 0.3) is 0 Å². The SMILES string of the molecule is Cc1nc(CNCc2cccc(F)c2Cl)no1. The fourth-order valence-corrected chi connectivity index (χ4v) is 1.60. The van der Waals surface area contributed by atoms with E-state index in [-0.39, 0.29) is 5.02 Å². The van der Waals surface area contributed by atoms with E-state index < -0.39 is 5.82 Å². The Bertz CT molecular complexity index is 515. The highest BCUT2D eigenvalue weighted by molar-refractivity contribution is 6.31. The van der Waals surface area contributed by atoms with Crippen molar-refractivity contribution in [3.05, 3.63) is 46.3 Å². The summed E-state index contributed by atoms with van der Waals surface area (Å²) in [6.07, 6.45) is 0. The van der Waals surface area contributed by atoms with Gasteiger partial charge in [0.05, 0.1) is 11.6 Å². The van der Waals surface area contributed by atoms with Crippen LogP contribution in [0.15, 0.2) is 22.7 Å². The molecule has 4 nitrogen and oxygen atoms in total. The predicted octanol–water partition coefficient (Wildman–Crippen LogP) is 2.46. The van der Waals surface area contributed by atoms with Gasteiger partial charge in [0.1, 0.15) is 5.82 Å². The number of aryl methyl sites for hydroxylation is 1. The van der Waals surface area contributed by atoms with E-state index >= 15 is 0 Å². The topological polar surface area (TPSA) is 51.0 Å². The van der Waals surface area contributed by atoms with Crippen LogP contribution < -0.4 is 5.32 Å². The van der Waals surface area contributed by atoms with Crippen LogP contribution in [-0.4, -0.2) is 10.1 Å². The van der Waals surface area contributed by atoms with Crippen LogP contribution >= 0.6 is 11.6 Å². The maximum atomic E-state index is 13.1. The molecule has 1 heterocycles. The number of rotatable bonds is 4. The third kappa shape index (κ3) is 3.01. The van der Waals surface area contributed by atoms with E-state index in [1.165, 1.54) is 6.07 Å². The lowest BCUT2D eigenvalue weighted by molar-refractivity contribution is 0.385. The summed E-state index contributed by atoms with van der Waals surface area (Å²) in [6.45, 7) is 2.62. The molecule has 0 aliphatic carbocycles. The first kappa shape index (κ1) is 12.0. The van der Waals surface area contributed by atoms with E-state index in [2.05, 4.69) is 15.5 Å². The Morgan fingerprint density at radius 3 is 2.94 bits per heavy atom. The van der Waals surface area contributed by atoms with E-state index in [0.717, 1.165) is 0 Å². The molecule has 0 amide bonds. The Labute approximate surface area is 103 Å². The van der Waals surface area contributed by atoms with Gasteiger partial charge in [-0.3, -0.25) is 0 Å². The fourth-order valence-electron chi connectivity index (χ4n) is 1.41. The van der Waals surface area contributed by atoms with Gasteiger partial charge in [-0.25, -0.2) is 4.39 Å². The van der Waals surface area contributed by atoms with Crippen molar-refractivity contribution in [3.8, 4) is 0 Å².